The molecule has 7 nitrogen and oxygen atoms in total. The summed E-state index contributed by atoms with van der Waals surface area (Å²) in [7, 11) is 2.01. The van der Waals surface area contributed by atoms with Crippen LogP contribution in [0.3, 0.4) is 0 Å². The van der Waals surface area contributed by atoms with Crippen molar-refractivity contribution in [2.45, 2.75) is 26.8 Å². The van der Waals surface area contributed by atoms with E-state index in [0.717, 1.165) is 41.1 Å². The normalized spacial score (nSPS) is 13.4. The molecule has 2 heterocycles. The average molecular weight is 529 g/mol. The number of anilines is 1. The summed E-state index contributed by atoms with van der Waals surface area (Å²) in [6, 6.07) is 7.65. The Hall–Kier alpha value is -1.88. The molecule has 0 saturated heterocycles. The second-order valence-electron chi connectivity index (χ2n) is 6.60. The van der Waals surface area contributed by atoms with Crippen LogP contribution in [0.2, 0.25) is 0 Å². The van der Waals surface area contributed by atoms with E-state index in [-0.39, 0.29) is 36.5 Å². The highest BCUT2D eigenvalue weighted by atomic mass is 127. The maximum absolute atomic E-state index is 12.2. The Morgan fingerprint density at radius 3 is 2.93 bits per heavy atom. The van der Waals surface area contributed by atoms with Gasteiger partial charge in [0.25, 0.3) is 5.91 Å². The standard InChI is InChI=1S/C20H27N5O2S.HI/c1-4-21-20(24(3)12-16-14-28-15(2)23-16)22-10-7-11-25-17-8-5-6-9-18(17)27-13-19(25)26;/h5-6,8-9,14H,4,7,10-13H2,1-3H3,(H,21,22);1H. The quantitative estimate of drug-likeness (QED) is 0.258. The minimum atomic E-state index is -0.00870. The summed E-state index contributed by atoms with van der Waals surface area (Å²) in [4.78, 5) is 25.3. The minimum Gasteiger partial charge on any atom is -0.482 e. The van der Waals surface area contributed by atoms with Gasteiger partial charge in [0.2, 0.25) is 0 Å². The summed E-state index contributed by atoms with van der Waals surface area (Å²) in [5, 5.41) is 6.47. The molecule has 0 bridgehead atoms. The third-order valence-electron chi connectivity index (χ3n) is 4.37. The molecule has 2 aromatic rings. The summed E-state index contributed by atoms with van der Waals surface area (Å²) in [6.07, 6.45) is 0.776. The summed E-state index contributed by atoms with van der Waals surface area (Å²) < 4.78 is 5.49. The Kier molecular flexibility index (Phi) is 9.15. The molecule has 3 rings (SSSR count). The predicted molar refractivity (Wildman–Crippen MR) is 129 cm³/mol. The Morgan fingerprint density at radius 2 is 2.21 bits per heavy atom. The third-order valence-corrected chi connectivity index (χ3v) is 5.19. The molecule has 0 saturated carbocycles. The number of aliphatic imine (C=N–C) groups is 1. The van der Waals surface area contributed by atoms with E-state index < -0.39 is 0 Å². The van der Waals surface area contributed by atoms with Crippen LogP contribution in [0.5, 0.6) is 5.75 Å². The number of halogens is 1. The van der Waals surface area contributed by atoms with Crippen LogP contribution in [0.1, 0.15) is 24.0 Å². The average Bonchev–Trinajstić information content (AvgIpc) is 3.10. The number of amides is 1. The molecule has 0 spiro atoms. The number of hydrogen-bond donors (Lipinski definition) is 1. The van der Waals surface area contributed by atoms with Crippen molar-refractivity contribution in [3.8, 4) is 5.75 Å². The van der Waals surface area contributed by atoms with Gasteiger partial charge >= 0.3 is 0 Å². The molecular weight excluding hydrogens is 501 g/mol. The molecule has 29 heavy (non-hydrogen) atoms. The van der Waals surface area contributed by atoms with Gasteiger partial charge in [-0.15, -0.1) is 35.3 Å². The number of benzene rings is 1. The minimum absolute atomic E-state index is 0. The van der Waals surface area contributed by atoms with Crippen molar-refractivity contribution in [1.82, 2.24) is 15.2 Å². The van der Waals surface area contributed by atoms with Gasteiger partial charge in [0.05, 0.1) is 22.9 Å². The van der Waals surface area contributed by atoms with E-state index in [0.29, 0.717) is 19.6 Å². The van der Waals surface area contributed by atoms with Crippen LogP contribution < -0.4 is 15.0 Å². The first-order valence-electron chi connectivity index (χ1n) is 9.51. The van der Waals surface area contributed by atoms with Gasteiger partial charge in [0.1, 0.15) is 5.75 Å². The van der Waals surface area contributed by atoms with Crippen molar-refractivity contribution in [3.05, 3.63) is 40.3 Å². The molecule has 0 fully saturated rings. The van der Waals surface area contributed by atoms with E-state index in [2.05, 4.69) is 27.5 Å². The number of fused-ring (bicyclic) bond motifs is 1. The van der Waals surface area contributed by atoms with Gasteiger partial charge in [-0.25, -0.2) is 4.98 Å². The highest BCUT2D eigenvalue weighted by molar-refractivity contribution is 14.0. The zero-order valence-electron chi connectivity index (χ0n) is 17.1. The number of carbonyl (C=O) groups is 1. The molecule has 1 aromatic carbocycles. The number of rotatable bonds is 7. The molecule has 0 aliphatic carbocycles. The first kappa shape index (κ1) is 23.4. The van der Waals surface area contributed by atoms with E-state index in [1.165, 1.54) is 0 Å². The molecular formula is C20H28IN5O2S. The third kappa shape index (κ3) is 6.30. The summed E-state index contributed by atoms with van der Waals surface area (Å²) in [6.45, 7) is 6.93. The number of guanidine groups is 1. The lowest BCUT2D eigenvalue weighted by Gasteiger charge is -2.29. The molecule has 0 atom stereocenters. The molecule has 158 valence electrons. The van der Waals surface area contributed by atoms with E-state index in [9.17, 15) is 4.79 Å². The molecule has 9 heteroatoms. The molecule has 1 aliphatic rings. The number of hydrogen-bond acceptors (Lipinski definition) is 5. The summed E-state index contributed by atoms with van der Waals surface area (Å²) in [5.74, 6) is 1.60. The lowest BCUT2D eigenvalue weighted by atomic mass is 10.2. The van der Waals surface area contributed by atoms with Crippen molar-refractivity contribution in [2.75, 3.05) is 38.2 Å². The van der Waals surface area contributed by atoms with E-state index >= 15 is 0 Å². The number of aromatic nitrogens is 1. The zero-order valence-corrected chi connectivity index (χ0v) is 20.2. The van der Waals surface area contributed by atoms with Crippen LogP contribution in [0.4, 0.5) is 5.69 Å². The second-order valence-corrected chi connectivity index (χ2v) is 7.67. The Bertz CT molecular complexity index is 842. The van der Waals surface area contributed by atoms with Gasteiger partial charge in [-0.05, 0) is 32.4 Å². The second kappa shape index (κ2) is 11.3. The maximum atomic E-state index is 12.2. The number of nitrogens with zero attached hydrogens (tertiary/aromatic N) is 4. The Labute approximate surface area is 193 Å². The van der Waals surface area contributed by atoms with Crippen LogP contribution in [0.25, 0.3) is 0 Å². The fourth-order valence-corrected chi connectivity index (χ4v) is 3.69. The van der Waals surface area contributed by atoms with Crippen molar-refractivity contribution in [3.63, 3.8) is 0 Å². The molecule has 0 radical (unpaired) electrons. The Balaban J connectivity index is 0.00000300. The number of nitrogens with one attached hydrogen (secondary N) is 1. The first-order chi connectivity index (χ1) is 13.6. The van der Waals surface area contributed by atoms with Crippen molar-refractivity contribution in [2.24, 2.45) is 4.99 Å². The maximum Gasteiger partial charge on any atom is 0.265 e. The largest absolute Gasteiger partial charge is 0.482 e. The first-order valence-corrected chi connectivity index (χ1v) is 10.4. The van der Waals surface area contributed by atoms with Gasteiger partial charge < -0.3 is 19.9 Å². The van der Waals surface area contributed by atoms with Gasteiger partial charge in [0.15, 0.2) is 12.6 Å². The molecule has 0 unspecified atom stereocenters. The fourth-order valence-electron chi connectivity index (χ4n) is 3.08. The highest BCUT2D eigenvalue weighted by Crippen LogP contribution is 2.31. The monoisotopic (exact) mass is 529 g/mol. The number of carbonyl (C=O) groups excluding carboxylic acids is 1. The summed E-state index contributed by atoms with van der Waals surface area (Å²) in [5.41, 5.74) is 1.89. The van der Waals surface area contributed by atoms with Crippen LogP contribution >= 0.6 is 35.3 Å². The highest BCUT2D eigenvalue weighted by Gasteiger charge is 2.24. The number of ether oxygens (including phenoxy) is 1. The van der Waals surface area contributed by atoms with Gasteiger partial charge in [-0.1, -0.05) is 12.1 Å². The van der Waals surface area contributed by atoms with Gasteiger partial charge in [0, 0.05) is 32.1 Å². The lowest BCUT2D eigenvalue weighted by Crippen LogP contribution is -2.40. The molecule has 1 amide bonds. The topological polar surface area (TPSA) is 70.1 Å². The SMILES string of the molecule is CCNC(=NCCCN1C(=O)COc2ccccc21)N(C)Cc1csc(C)n1.I. The van der Waals surface area contributed by atoms with E-state index in [1.807, 2.05) is 38.2 Å². The van der Waals surface area contributed by atoms with Gasteiger partial charge in [-0.2, -0.15) is 0 Å². The van der Waals surface area contributed by atoms with Crippen LogP contribution in [-0.2, 0) is 11.3 Å². The zero-order chi connectivity index (χ0) is 19.9. The molecule has 1 N–H and O–H groups in total. The summed E-state index contributed by atoms with van der Waals surface area (Å²) >= 11 is 1.66. The van der Waals surface area contributed by atoms with E-state index in [4.69, 9.17) is 9.73 Å². The van der Waals surface area contributed by atoms with Crippen LogP contribution in [0.15, 0.2) is 34.6 Å². The Morgan fingerprint density at radius 1 is 1.41 bits per heavy atom. The van der Waals surface area contributed by atoms with E-state index in [1.54, 1.807) is 16.2 Å². The van der Waals surface area contributed by atoms with Crippen molar-refractivity contribution >= 4 is 52.9 Å². The number of thiazole rings is 1. The predicted octanol–water partition coefficient (Wildman–Crippen LogP) is 3.28. The van der Waals surface area contributed by atoms with Crippen molar-refractivity contribution in [1.29, 1.82) is 0 Å². The van der Waals surface area contributed by atoms with Crippen LogP contribution in [0, 0.1) is 6.92 Å². The van der Waals surface area contributed by atoms with Crippen LogP contribution in [-0.4, -0.2) is 55.0 Å². The molecule has 1 aromatic heterocycles. The lowest BCUT2D eigenvalue weighted by molar-refractivity contribution is -0.121. The van der Waals surface area contributed by atoms with Crippen molar-refractivity contribution < 1.29 is 9.53 Å². The van der Waals surface area contributed by atoms with Gasteiger partial charge in [-0.3, -0.25) is 9.79 Å². The molecule has 1 aliphatic heterocycles. The smallest absolute Gasteiger partial charge is 0.265 e. The number of aryl methyl sites for hydroxylation is 1. The fraction of sp³-hybridized carbons (Fsp3) is 0.450. The number of para-hydroxylation sites is 2.